The van der Waals surface area contributed by atoms with Crippen LogP contribution in [0.25, 0.3) is 0 Å². The molecule has 6 aliphatic rings. The van der Waals surface area contributed by atoms with Crippen LogP contribution in [0.4, 0.5) is 0 Å². The standard InChI is InChI=1S/C23H28O12/c1-4-5-8(2)10-6-11-21-13(26)14-22(30,9(3)16(27)33-14)23(21,18(29)32-11)35-19-20(10,21)15(17(28)34-19)31-7-12(24)25/h8-11,13-15,19,26,30H,4-7H2,1-3H3,(H,24,25)/t8?,9?,10-,11?,13-,14-,15-,19-,20?,21-,22+,23+/m0/s1. The van der Waals surface area contributed by atoms with Gasteiger partial charge in [-0.1, -0.05) is 26.7 Å². The Bertz CT molecular complexity index is 1040. The molecule has 12 heteroatoms. The molecule has 192 valence electrons. The highest BCUT2D eigenvalue weighted by atomic mass is 16.8. The van der Waals surface area contributed by atoms with Gasteiger partial charge in [-0.15, -0.1) is 0 Å². The van der Waals surface area contributed by atoms with Gasteiger partial charge in [-0.2, -0.15) is 0 Å². The molecule has 0 amide bonds. The number of rotatable bonds is 6. The van der Waals surface area contributed by atoms with Crippen molar-refractivity contribution in [1.29, 1.82) is 0 Å². The molecule has 4 aliphatic heterocycles. The lowest BCUT2D eigenvalue weighted by Crippen LogP contribution is -2.67. The van der Waals surface area contributed by atoms with E-state index in [0.29, 0.717) is 6.42 Å². The predicted octanol–water partition coefficient (Wildman–Crippen LogP) is -0.870. The van der Waals surface area contributed by atoms with Gasteiger partial charge in [-0.05, 0) is 25.2 Å². The first kappa shape index (κ1) is 23.1. The number of aliphatic hydroxyl groups excluding tert-OH is 1. The molecule has 35 heavy (non-hydrogen) atoms. The fourth-order valence-corrected chi connectivity index (χ4v) is 8.80. The van der Waals surface area contributed by atoms with Crippen molar-refractivity contribution in [1.82, 2.24) is 0 Å². The van der Waals surface area contributed by atoms with Gasteiger partial charge in [0.2, 0.25) is 11.9 Å². The number of carbonyl (C=O) groups is 4. The molecule has 4 saturated heterocycles. The van der Waals surface area contributed by atoms with Crippen LogP contribution in [0.3, 0.4) is 0 Å². The normalized spacial score (nSPS) is 53.5. The van der Waals surface area contributed by atoms with Gasteiger partial charge in [0.15, 0.2) is 17.8 Å². The molecular weight excluding hydrogens is 468 g/mol. The highest BCUT2D eigenvalue weighted by Crippen LogP contribution is 2.84. The minimum atomic E-state index is -2.31. The van der Waals surface area contributed by atoms with E-state index in [1.807, 2.05) is 13.8 Å². The SMILES string of the molecule is CCCC(C)[C@@H]1CC2OC(=O)[C@@]34O[C@@H]5OC(=O)[C@H](OCC(=O)O)C51[C@@]23[C@@H](O)[C@@H]1OC(=O)C(C)[C@@]14O. The van der Waals surface area contributed by atoms with Gasteiger partial charge in [0.1, 0.15) is 18.8 Å². The zero-order valence-corrected chi connectivity index (χ0v) is 19.5. The Kier molecular flexibility index (Phi) is 4.45. The summed E-state index contributed by atoms with van der Waals surface area (Å²) in [4.78, 5) is 50.7. The fraction of sp³-hybridized carbons (Fsp3) is 0.826. The molecule has 3 N–H and O–H groups in total. The molecule has 6 fully saturated rings. The summed E-state index contributed by atoms with van der Waals surface area (Å²) in [7, 11) is 0. The first-order chi connectivity index (χ1) is 16.5. The largest absolute Gasteiger partial charge is 0.480 e. The van der Waals surface area contributed by atoms with Crippen molar-refractivity contribution in [3.05, 3.63) is 0 Å². The lowest BCUT2D eigenvalue weighted by molar-refractivity contribution is -0.239. The molecule has 12 atom stereocenters. The number of hydrogen-bond acceptors (Lipinski definition) is 11. The maximum atomic E-state index is 13.6. The number of aliphatic carboxylic acids is 1. The molecule has 4 heterocycles. The number of carboxylic acids is 1. The molecule has 4 unspecified atom stereocenters. The first-order valence-corrected chi connectivity index (χ1v) is 12.0. The van der Waals surface area contributed by atoms with Crippen molar-refractivity contribution in [2.24, 2.45) is 28.6 Å². The number of carbonyl (C=O) groups excluding carboxylic acids is 3. The number of ether oxygens (including phenoxy) is 5. The summed E-state index contributed by atoms with van der Waals surface area (Å²) in [6.07, 6.45) is -5.44. The predicted molar refractivity (Wildman–Crippen MR) is 108 cm³/mol. The summed E-state index contributed by atoms with van der Waals surface area (Å²) in [6, 6.07) is 0. The molecule has 2 saturated carbocycles. The van der Waals surface area contributed by atoms with E-state index < -0.39 is 95.1 Å². The van der Waals surface area contributed by atoms with Crippen LogP contribution in [0, 0.1) is 28.6 Å². The lowest BCUT2D eigenvalue weighted by atomic mass is 9.52. The molecular formula is C23H28O12. The third-order valence-corrected chi connectivity index (χ3v) is 9.78. The van der Waals surface area contributed by atoms with Crippen LogP contribution in [0.5, 0.6) is 0 Å². The van der Waals surface area contributed by atoms with Crippen LogP contribution >= 0.6 is 0 Å². The average Bonchev–Trinajstić information content (AvgIpc) is 3.50. The van der Waals surface area contributed by atoms with Crippen LogP contribution in [-0.2, 0) is 42.9 Å². The Hall–Kier alpha value is -2.28. The smallest absolute Gasteiger partial charge is 0.343 e. The second kappa shape index (κ2) is 6.72. The second-order valence-electron chi connectivity index (χ2n) is 10.8. The van der Waals surface area contributed by atoms with E-state index in [4.69, 9.17) is 23.7 Å². The van der Waals surface area contributed by atoms with Gasteiger partial charge >= 0.3 is 23.9 Å². The Morgan fingerprint density at radius 3 is 2.57 bits per heavy atom. The molecule has 0 aromatic rings. The van der Waals surface area contributed by atoms with Crippen molar-refractivity contribution >= 4 is 23.9 Å². The summed E-state index contributed by atoms with van der Waals surface area (Å²) in [6.45, 7) is 4.49. The molecule has 12 nitrogen and oxygen atoms in total. The zero-order valence-electron chi connectivity index (χ0n) is 19.5. The number of fused-ring (bicyclic) bond motifs is 1. The van der Waals surface area contributed by atoms with Crippen LogP contribution in [0.1, 0.15) is 40.0 Å². The van der Waals surface area contributed by atoms with Gasteiger partial charge in [-0.25, -0.2) is 14.4 Å². The zero-order chi connectivity index (χ0) is 25.3. The third kappa shape index (κ3) is 2.02. The maximum absolute atomic E-state index is 13.6. The Morgan fingerprint density at radius 2 is 1.91 bits per heavy atom. The van der Waals surface area contributed by atoms with Gasteiger partial charge in [-0.3, -0.25) is 4.79 Å². The molecule has 0 bridgehead atoms. The number of aliphatic hydroxyl groups is 2. The second-order valence-corrected chi connectivity index (χ2v) is 10.8. The minimum absolute atomic E-state index is 0.103. The van der Waals surface area contributed by atoms with Crippen LogP contribution in [0.2, 0.25) is 0 Å². The van der Waals surface area contributed by atoms with Crippen molar-refractivity contribution in [3.8, 4) is 0 Å². The lowest BCUT2D eigenvalue weighted by Gasteiger charge is -2.46. The van der Waals surface area contributed by atoms with Gasteiger partial charge < -0.3 is 39.0 Å². The first-order valence-electron chi connectivity index (χ1n) is 12.0. The fourth-order valence-electron chi connectivity index (χ4n) is 8.80. The molecule has 2 aliphatic carbocycles. The summed E-state index contributed by atoms with van der Waals surface area (Å²) >= 11 is 0. The monoisotopic (exact) mass is 496 g/mol. The maximum Gasteiger partial charge on any atom is 0.343 e. The summed E-state index contributed by atoms with van der Waals surface area (Å²) in [5.41, 5.74) is -7.94. The Labute approximate surface area is 199 Å². The van der Waals surface area contributed by atoms with Crippen molar-refractivity contribution < 1.29 is 58.2 Å². The summed E-state index contributed by atoms with van der Waals surface area (Å²) < 4.78 is 28.7. The van der Waals surface area contributed by atoms with Crippen molar-refractivity contribution in [3.63, 3.8) is 0 Å². The molecule has 6 rings (SSSR count). The summed E-state index contributed by atoms with van der Waals surface area (Å²) in [5, 5.41) is 33.2. The van der Waals surface area contributed by atoms with Crippen molar-refractivity contribution in [2.75, 3.05) is 6.61 Å². The summed E-state index contributed by atoms with van der Waals surface area (Å²) in [5.74, 6) is -5.82. The van der Waals surface area contributed by atoms with E-state index in [9.17, 15) is 34.5 Å². The van der Waals surface area contributed by atoms with Gasteiger partial charge in [0.25, 0.3) is 0 Å². The topological polar surface area (TPSA) is 175 Å². The van der Waals surface area contributed by atoms with Crippen LogP contribution < -0.4 is 0 Å². The quantitative estimate of drug-likeness (QED) is 0.307. The molecule has 0 aromatic carbocycles. The number of carboxylic acid groups (broad SMARTS) is 1. The molecule has 0 aromatic heterocycles. The van der Waals surface area contributed by atoms with Gasteiger partial charge in [0, 0.05) is 0 Å². The van der Waals surface area contributed by atoms with E-state index >= 15 is 0 Å². The van der Waals surface area contributed by atoms with Crippen molar-refractivity contribution in [2.45, 2.75) is 81.9 Å². The Morgan fingerprint density at radius 1 is 1.20 bits per heavy atom. The minimum Gasteiger partial charge on any atom is -0.480 e. The Balaban J connectivity index is 1.64. The van der Waals surface area contributed by atoms with E-state index in [1.165, 1.54) is 6.92 Å². The highest BCUT2D eigenvalue weighted by molar-refractivity contribution is 5.94. The number of esters is 3. The van der Waals surface area contributed by atoms with E-state index in [2.05, 4.69) is 0 Å². The van der Waals surface area contributed by atoms with Crippen LogP contribution in [0.15, 0.2) is 0 Å². The average molecular weight is 496 g/mol. The third-order valence-electron chi connectivity index (χ3n) is 9.78. The van der Waals surface area contributed by atoms with E-state index in [1.54, 1.807) is 0 Å². The molecule has 2 spiro atoms. The number of hydrogen-bond donors (Lipinski definition) is 3. The molecule has 0 radical (unpaired) electrons. The van der Waals surface area contributed by atoms with E-state index in [-0.39, 0.29) is 12.3 Å². The van der Waals surface area contributed by atoms with Gasteiger partial charge in [0.05, 0.1) is 16.7 Å². The van der Waals surface area contributed by atoms with E-state index in [0.717, 1.165) is 6.42 Å². The highest BCUT2D eigenvalue weighted by Gasteiger charge is 3.03. The van der Waals surface area contributed by atoms with Crippen LogP contribution in [-0.4, -0.2) is 87.7 Å².